The van der Waals surface area contributed by atoms with Crippen molar-refractivity contribution in [1.29, 1.82) is 0 Å². The number of rotatable bonds is 4. The van der Waals surface area contributed by atoms with Crippen LogP contribution >= 0.6 is 11.3 Å². The van der Waals surface area contributed by atoms with Crippen molar-refractivity contribution in [3.63, 3.8) is 0 Å². The van der Waals surface area contributed by atoms with Crippen molar-refractivity contribution in [3.8, 4) is 0 Å². The molecule has 1 heterocycles. The summed E-state index contributed by atoms with van der Waals surface area (Å²) in [6, 6.07) is 11.2. The van der Waals surface area contributed by atoms with Gasteiger partial charge in [-0.05, 0) is 43.2 Å². The third-order valence-corrected chi connectivity index (χ3v) is 5.73. The van der Waals surface area contributed by atoms with Crippen molar-refractivity contribution in [2.24, 2.45) is 5.92 Å². The minimum atomic E-state index is -0.106. The van der Waals surface area contributed by atoms with Gasteiger partial charge in [0.1, 0.15) is 0 Å². The van der Waals surface area contributed by atoms with E-state index >= 15 is 0 Å². The molecule has 108 valence electrons. The van der Waals surface area contributed by atoms with Gasteiger partial charge in [-0.15, -0.1) is 11.3 Å². The van der Waals surface area contributed by atoms with E-state index < -0.39 is 0 Å². The van der Waals surface area contributed by atoms with Crippen molar-refractivity contribution in [3.05, 3.63) is 35.2 Å². The minimum Gasteiger partial charge on any atom is -0.393 e. The quantitative estimate of drug-likeness (QED) is 0.888. The lowest BCUT2D eigenvalue weighted by Gasteiger charge is -2.28. The Bertz CT molecular complexity index is 532. The van der Waals surface area contributed by atoms with Gasteiger partial charge in [0.15, 0.2) is 0 Å². The van der Waals surface area contributed by atoms with E-state index in [0.717, 1.165) is 19.4 Å². The van der Waals surface area contributed by atoms with Crippen LogP contribution in [-0.2, 0) is 0 Å². The van der Waals surface area contributed by atoms with Gasteiger partial charge in [0.2, 0.25) is 0 Å². The summed E-state index contributed by atoms with van der Waals surface area (Å²) in [5.74, 6) is 0.431. The van der Waals surface area contributed by atoms with Crippen molar-refractivity contribution in [2.45, 2.75) is 44.8 Å². The lowest BCUT2D eigenvalue weighted by molar-refractivity contribution is 0.0684. The lowest BCUT2D eigenvalue weighted by atomic mass is 9.86. The molecule has 1 saturated carbocycles. The number of thiophene rings is 1. The first-order valence-electron chi connectivity index (χ1n) is 7.64. The van der Waals surface area contributed by atoms with E-state index in [0.29, 0.717) is 12.0 Å². The van der Waals surface area contributed by atoms with Crippen molar-refractivity contribution in [1.82, 2.24) is 5.32 Å². The molecule has 3 unspecified atom stereocenters. The fourth-order valence-corrected chi connectivity index (χ4v) is 4.16. The number of benzene rings is 1. The van der Waals surface area contributed by atoms with Gasteiger partial charge in [-0.3, -0.25) is 0 Å². The van der Waals surface area contributed by atoms with Crippen molar-refractivity contribution < 1.29 is 5.11 Å². The molecule has 2 nitrogen and oxygen atoms in total. The number of nitrogens with one attached hydrogen (secondary N) is 1. The van der Waals surface area contributed by atoms with E-state index in [1.165, 1.54) is 27.8 Å². The molecule has 1 aromatic carbocycles. The predicted octanol–water partition coefficient (Wildman–Crippen LogP) is 4.10. The topological polar surface area (TPSA) is 32.3 Å². The Hall–Kier alpha value is -0.900. The third-order valence-electron chi connectivity index (χ3n) is 4.43. The lowest BCUT2D eigenvalue weighted by Crippen LogP contribution is -2.34. The first-order valence-corrected chi connectivity index (χ1v) is 8.45. The molecular formula is C17H23NOS. The Morgan fingerprint density at radius 2 is 2.10 bits per heavy atom. The largest absolute Gasteiger partial charge is 0.393 e. The van der Waals surface area contributed by atoms with Gasteiger partial charge in [0, 0.05) is 22.2 Å². The molecule has 1 fully saturated rings. The summed E-state index contributed by atoms with van der Waals surface area (Å²) < 4.78 is 1.36. The number of hydrogen-bond acceptors (Lipinski definition) is 3. The second kappa shape index (κ2) is 6.25. The molecule has 20 heavy (non-hydrogen) atoms. The second-order valence-electron chi connectivity index (χ2n) is 5.93. The number of hydrogen-bond donors (Lipinski definition) is 2. The van der Waals surface area contributed by atoms with Crippen LogP contribution < -0.4 is 5.32 Å². The van der Waals surface area contributed by atoms with Crippen molar-refractivity contribution in [2.75, 3.05) is 6.54 Å². The zero-order valence-electron chi connectivity index (χ0n) is 12.0. The van der Waals surface area contributed by atoms with Gasteiger partial charge in [-0.1, -0.05) is 31.0 Å². The Balaban J connectivity index is 1.62. The molecule has 3 heteroatoms. The van der Waals surface area contributed by atoms with Crippen LogP contribution in [0.4, 0.5) is 0 Å². The van der Waals surface area contributed by atoms with Crippen molar-refractivity contribution >= 4 is 21.4 Å². The molecule has 0 bridgehead atoms. The molecule has 0 saturated heterocycles. The zero-order chi connectivity index (χ0) is 13.9. The Kier molecular flexibility index (Phi) is 4.39. The molecule has 0 radical (unpaired) electrons. The number of aliphatic hydroxyl groups is 1. The molecule has 0 amide bonds. The fraction of sp³-hybridized carbons (Fsp3) is 0.529. The maximum Gasteiger partial charge on any atom is 0.0580 e. The predicted molar refractivity (Wildman–Crippen MR) is 86.2 cm³/mol. The zero-order valence-corrected chi connectivity index (χ0v) is 12.8. The summed E-state index contributed by atoms with van der Waals surface area (Å²) in [5, 5.41) is 15.0. The molecule has 1 aromatic heterocycles. The molecule has 3 rings (SSSR count). The average Bonchev–Trinajstić information content (AvgIpc) is 2.90. The van der Waals surface area contributed by atoms with Crippen LogP contribution in [0.2, 0.25) is 0 Å². The van der Waals surface area contributed by atoms with Gasteiger partial charge < -0.3 is 10.4 Å². The summed E-state index contributed by atoms with van der Waals surface area (Å²) in [6.07, 6.45) is 4.48. The molecular weight excluding hydrogens is 266 g/mol. The molecule has 2 N–H and O–H groups in total. The highest BCUT2D eigenvalue weighted by molar-refractivity contribution is 7.19. The van der Waals surface area contributed by atoms with E-state index in [2.05, 4.69) is 42.6 Å². The second-order valence-corrected chi connectivity index (χ2v) is 7.04. The monoisotopic (exact) mass is 289 g/mol. The molecule has 1 aliphatic carbocycles. The van der Waals surface area contributed by atoms with Crippen LogP contribution in [0, 0.1) is 5.92 Å². The average molecular weight is 289 g/mol. The summed E-state index contributed by atoms with van der Waals surface area (Å²) in [7, 11) is 0. The summed E-state index contributed by atoms with van der Waals surface area (Å²) >= 11 is 1.87. The summed E-state index contributed by atoms with van der Waals surface area (Å²) in [4.78, 5) is 1.39. The highest BCUT2D eigenvalue weighted by Gasteiger charge is 2.23. The van der Waals surface area contributed by atoms with Crippen LogP contribution in [0.5, 0.6) is 0 Å². The van der Waals surface area contributed by atoms with Crippen LogP contribution in [0.3, 0.4) is 0 Å². The third kappa shape index (κ3) is 3.05. The molecule has 0 spiro atoms. The SMILES string of the molecule is CC(NCC1CCCCC1O)c1cc2ccccc2s1. The minimum absolute atomic E-state index is 0.106. The Morgan fingerprint density at radius 1 is 1.30 bits per heavy atom. The van der Waals surface area contributed by atoms with E-state index in [1.54, 1.807) is 0 Å². The molecule has 1 aliphatic rings. The number of aliphatic hydroxyl groups excluding tert-OH is 1. The van der Waals surface area contributed by atoms with Gasteiger partial charge in [0.25, 0.3) is 0 Å². The van der Waals surface area contributed by atoms with Gasteiger partial charge in [0.05, 0.1) is 6.10 Å². The number of fused-ring (bicyclic) bond motifs is 1. The maximum atomic E-state index is 10.0. The highest BCUT2D eigenvalue weighted by atomic mass is 32.1. The van der Waals surface area contributed by atoms with Gasteiger partial charge >= 0.3 is 0 Å². The first-order chi connectivity index (χ1) is 9.74. The van der Waals surface area contributed by atoms with Gasteiger partial charge in [-0.25, -0.2) is 0 Å². The fourth-order valence-electron chi connectivity index (χ4n) is 3.07. The smallest absolute Gasteiger partial charge is 0.0580 e. The Labute approximate surface area is 124 Å². The van der Waals surface area contributed by atoms with E-state index in [4.69, 9.17) is 0 Å². The Morgan fingerprint density at radius 3 is 2.90 bits per heavy atom. The molecule has 2 aromatic rings. The normalized spacial score (nSPS) is 24.9. The summed E-state index contributed by atoms with van der Waals surface area (Å²) in [5.41, 5.74) is 0. The summed E-state index contributed by atoms with van der Waals surface area (Å²) in [6.45, 7) is 3.15. The first kappa shape index (κ1) is 14.1. The van der Waals surface area contributed by atoms with E-state index in [-0.39, 0.29) is 6.10 Å². The van der Waals surface area contributed by atoms with E-state index in [9.17, 15) is 5.11 Å². The van der Waals surface area contributed by atoms with Crippen LogP contribution in [0.25, 0.3) is 10.1 Å². The maximum absolute atomic E-state index is 10.0. The standard InChI is InChI=1S/C17H23NOS/c1-12(18-11-14-7-2-4-8-15(14)19)17-10-13-6-3-5-9-16(13)20-17/h3,5-6,9-10,12,14-15,18-19H,2,4,7-8,11H2,1H3. The molecule has 0 aliphatic heterocycles. The van der Waals surface area contributed by atoms with E-state index in [1.807, 2.05) is 11.3 Å². The molecule has 3 atom stereocenters. The van der Waals surface area contributed by atoms with Crippen LogP contribution in [0.1, 0.15) is 43.5 Å². The van der Waals surface area contributed by atoms with Crippen LogP contribution in [0.15, 0.2) is 30.3 Å². The van der Waals surface area contributed by atoms with Gasteiger partial charge in [-0.2, -0.15) is 0 Å². The van der Waals surface area contributed by atoms with Crippen LogP contribution in [-0.4, -0.2) is 17.8 Å². The highest BCUT2D eigenvalue weighted by Crippen LogP contribution is 2.30.